The van der Waals surface area contributed by atoms with E-state index in [9.17, 15) is 9.59 Å². The smallest absolute Gasteiger partial charge is 0.174 e. The van der Waals surface area contributed by atoms with Crippen LogP contribution in [0, 0.1) is 14.4 Å². The SMILES string of the molecule is C=CCOc1c(I)cc(C2C3=C(CC(C)(C)CC3=O)N(Cc3ccccc3)C3=C2C(=O)CC(C)(C)C3)cc1OC. The highest BCUT2D eigenvalue weighted by molar-refractivity contribution is 14.1. The topological polar surface area (TPSA) is 55.8 Å². The second-order valence-corrected chi connectivity index (χ2v) is 13.9. The summed E-state index contributed by atoms with van der Waals surface area (Å²) in [4.78, 5) is 30.5. The van der Waals surface area contributed by atoms with Gasteiger partial charge in [-0.2, -0.15) is 0 Å². The highest BCUT2D eigenvalue weighted by Crippen LogP contribution is 2.55. The molecule has 0 aromatic heterocycles. The van der Waals surface area contributed by atoms with E-state index in [-0.39, 0.29) is 22.4 Å². The van der Waals surface area contributed by atoms with E-state index >= 15 is 0 Å². The number of benzene rings is 2. The molecule has 0 saturated heterocycles. The van der Waals surface area contributed by atoms with E-state index < -0.39 is 5.92 Å². The Morgan fingerprint density at radius 2 is 1.52 bits per heavy atom. The lowest BCUT2D eigenvalue weighted by molar-refractivity contribution is -0.119. The molecule has 0 unspecified atom stereocenters. The fourth-order valence-corrected chi connectivity index (χ4v) is 7.31. The van der Waals surface area contributed by atoms with E-state index in [1.54, 1.807) is 13.2 Å². The van der Waals surface area contributed by atoms with E-state index in [2.05, 4.69) is 73.9 Å². The van der Waals surface area contributed by atoms with Crippen molar-refractivity contribution in [2.75, 3.05) is 13.7 Å². The molecule has 1 heterocycles. The summed E-state index contributed by atoms with van der Waals surface area (Å²) in [5.41, 5.74) is 5.35. The van der Waals surface area contributed by atoms with Gasteiger partial charge in [-0.05, 0) is 69.5 Å². The van der Waals surface area contributed by atoms with E-state index in [4.69, 9.17) is 9.47 Å². The summed E-state index contributed by atoms with van der Waals surface area (Å²) in [6.07, 6.45) is 4.16. The molecule has 6 heteroatoms. The number of nitrogens with zero attached hydrogens (tertiary/aromatic N) is 1. The second kappa shape index (κ2) is 10.8. The monoisotopic (exact) mass is 651 g/mol. The maximum atomic E-state index is 14.1. The van der Waals surface area contributed by atoms with Gasteiger partial charge in [0.15, 0.2) is 23.1 Å². The van der Waals surface area contributed by atoms with Crippen LogP contribution in [0.15, 0.2) is 77.7 Å². The van der Waals surface area contributed by atoms with Crippen molar-refractivity contribution >= 4 is 34.2 Å². The third-order valence-electron chi connectivity index (χ3n) is 8.14. The minimum Gasteiger partial charge on any atom is -0.493 e. The van der Waals surface area contributed by atoms with E-state index in [1.807, 2.05) is 30.3 Å². The highest BCUT2D eigenvalue weighted by atomic mass is 127. The lowest BCUT2D eigenvalue weighted by atomic mass is 9.63. The predicted octanol–water partition coefficient (Wildman–Crippen LogP) is 7.75. The van der Waals surface area contributed by atoms with Crippen LogP contribution in [0.25, 0.3) is 0 Å². The Morgan fingerprint density at radius 1 is 0.950 bits per heavy atom. The second-order valence-electron chi connectivity index (χ2n) is 12.7. The van der Waals surface area contributed by atoms with Crippen LogP contribution in [0.2, 0.25) is 0 Å². The Balaban J connectivity index is 1.76. The third kappa shape index (κ3) is 5.39. The zero-order valence-corrected chi connectivity index (χ0v) is 26.3. The summed E-state index contributed by atoms with van der Waals surface area (Å²) < 4.78 is 12.6. The molecular weight excluding hydrogens is 613 g/mol. The summed E-state index contributed by atoms with van der Waals surface area (Å²) in [6, 6.07) is 14.3. The van der Waals surface area contributed by atoms with Crippen LogP contribution in [0.4, 0.5) is 0 Å². The van der Waals surface area contributed by atoms with Crippen LogP contribution < -0.4 is 9.47 Å². The summed E-state index contributed by atoms with van der Waals surface area (Å²) in [5, 5.41) is 0. The number of halogens is 1. The Bertz CT molecular complexity index is 1380. The summed E-state index contributed by atoms with van der Waals surface area (Å²) in [6.45, 7) is 13.4. The standard InChI is InChI=1S/C34H38INO4/c1-7-13-40-32-23(35)14-22(15-28(32)39-6)29-30-24(16-33(2,3)18-26(30)37)36(20-21-11-9-8-10-12-21)25-17-34(4,5)19-27(38)31(25)29/h7-12,14-15,29H,1,13,16-20H2,2-6H3. The van der Waals surface area contributed by atoms with Gasteiger partial charge in [-0.25, -0.2) is 0 Å². The van der Waals surface area contributed by atoms with E-state index in [0.29, 0.717) is 37.5 Å². The first kappa shape index (κ1) is 28.7. The maximum absolute atomic E-state index is 14.1. The number of allylic oxidation sites excluding steroid dienone is 4. The average Bonchev–Trinajstić information content (AvgIpc) is 2.87. The van der Waals surface area contributed by atoms with Crippen molar-refractivity contribution in [2.24, 2.45) is 10.8 Å². The molecule has 0 radical (unpaired) electrons. The van der Waals surface area contributed by atoms with Gasteiger partial charge in [0.2, 0.25) is 0 Å². The Morgan fingerprint density at radius 3 is 2.05 bits per heavy atom. The normalized spacial score (nSPS) is 20.3. The molecule has 40 heavy (non-hydrogen) atoms. The van der Waals surface area contributed by atoms with Crippen molar-refractivity contribution in [3.05, 3.63) is 92.4 Å². The van der Waals surface area contributed by atoms with Crippen LogP contribution in [-0.2, 0) is 16.1 Å². The number of ether oxygens (including phenoxy) is 2. The molecule has 0 N–H and O–H groups in total. The molecular formula is C34H38INO4. The largest absolute Gasteiger partial charge is 0.493 e. The van der Waals surface area contributed by atoms with Gasteiger partial charge >= 0.3 is 0 Å². The fourth-order valence-electron chi connectivity index (χ4n) is 6.53. The number of hydrogen-bond donors (Lipinski definition) is 0. The van der Waals surface area contributed by atoms with Crippen molar-refractivity contribution in [3.63, 3.8) is 0 Å². The maximum Gasteiger partial charge on any atom is 0.174 e. The number of carbonyl (C=O) groups is 2. The third-order valence-corrected chi connectivity index (χ3v) is 8.94. The quantitative estimate of drug-likeness (QED) is 0.227. The number of ketones is 2. The zero-order chi connectivity index (χ0) is 28.8. The van der Waals surface area contributed by atoms with Crippen LogP contribution in [-0.4, -0.2) is 30.2 Å². The van der Waals surface area contributed by atoms with Gasteiger partial charge < -0.3 is 14.4 Å². The average molecular weight is 652 g/mol. The van der Waals surface area contributed by atoms with Crippen LogP contribution in [0.5, 0.6) is 11.5 Å². The number of rotatable bonds is 7. The van der Waals surface area contributed by atoms with Gasteiger partial charge in [-0.15, -0.1) is 0 Å². The van der Waals surface area contributed by atoms with Gasteiger partial charge in [0.05, 0.1) is 10.7 Å². The summed E-state index contributed by atoms with van der Waals surface area (Å²) in [5.74, 6) is 1.05. The molecule has 0 fully saturated rings. The number of hydrogen-bond acceptors (Lipinski definition) is 5. The molecule has 0 saturated carbocycles. The molecule has 2 aromatic carbocycles. The van der Waals surface area contributed by atoms with Crippen molar-refractivity contribution < 1.29 is 19.1 Å². The van der Waals surface area contributed by atoms with Gasteiger partial charge in [0.1, 0.15) is 6.61 Å². The molecule has 2 aromatic rings. The van der Waals surface area contributed by atoms with Crippen LogP contribution in [0.3, 0.4) is 0 Å². The minimum absolute atomic E-state index is 0.124. The van der Waals surface area contributed by atoms with E-state index in [1.165, 1.54) is 0 Å². The van der Waals surface area contributed by atoms with E-state index in [0.717, 1.165) is 50.1 Å². The molecule has 0 spiro atoms. The molecule has 3 aliphatic rings. The van der Waals surface area contributed by atoms with Gasteiger partial charge in [-0.3, -0.25) is 9.59 Å². The molecule has 1 aliphatic heterocycles. The van der Waals surface area contributed by atoms with Crippen LogP contribution >= 0.6 is 22.6 Å². The first-order chi connectivity index (χ1) is 18.9. The summed E-state index contributed by atoms with van der Waals surface area (Å²) >= 11 is 2.26. The predicted molar refractivity (Wildman–Crippen MR) is 166 cm³/mol. The lowest BCUT2D eigenvalue weighted by Crippen LogP contribution is -2.44. The van der Waals surface area contributed by atoms with Crippen molar-refractivity contribution in [2.45, 2.75) is 65.8 Å². The van der Waals surface area contributed by atoms with Gasteiger partial charge in [-0.1, -0.05) is 70.7 Å². The molecule has 2 aliphatic carbocycles. The zero-order valence-electron chi connectivity index (χ0n) is 24.1. The summed E-state index contributed by atoms with van der Waals surface area (Å²) in [7, 11) is 1.62. The molecule has 5 nitrogen and oxygen atoms in total. The molecule has 210 valence electrons. The Labute approximate surface area is 251 Å². The van der Waals surface area contributed by atoms with Crippen molar-refractivity contribution in [1.82, 2.24) is 4.90 Å². The Kier molecular flexibility index (Phi) is 7.77. The number of Topliss-reactive ketones (excluding diaryl/α,β-unsaturated/α-hetero) is 2. The number of carbonyl (C=O) groups excluding carboxylic acids is 2. The molecule has 0 amide bonds. The lowest BCUT2D eigenvalue weighted by Gasteiger charge is -2.49. The van der Waals surface area contributed by atoms with Crippen molar-refractivity contribution in [3.8, 4) is 11.5 Å². The van der Waals surface area contributed by atoms with Gasteiger partial charge in [0, 0.05) is 47.8 Å². The Hall–Kier alpha value is -2.87. The first-order valence-corrected chi connectivity index (χ1v) is 15.0. The fraction of sp³-hybridized carbons (Fsp3) is 0.412. The highest BCUT2D eigenvalue weighted by Gasteiger charge is 2.49. The molecule has 0 atom stereocenters. The first-order valence-electron chi connectivity index (χ1n) is 13.9. The van der Waals surface area contributed by atoms with Crippen LogP contribution in [0.1, 0.15) is 70.4 Å². The van der Waals surface area contributed by atoms with Crippen molar-refractivity contribution in [1.29, 1.82) is 0 Å². The molecule has 5 rings (SSSR count). The number of methoxy groups -OCH3 is 1. The minimum atomic E-state index is -0.430. The molecule has 0 bridgehead atoms. The van der Waals surface area contributed by atoms with Gasteiger partial charge in [0.25, 0.3) is 0 Å².